The van der Waals surface area contributed by atoms with Gasteiger partial charge in [-0.1, -0.05) is 85.4 Å². The van der Waals surface area contributed by atoms with Gasteiger partial charge < -0.3 is 0 Å². The molecule has 0 bridgehead atoms. The molecule has 4 rings (SSSR count). The van der Waals surface area contributed by atoms with E-state index in [1.807, 2.05) is 91.0 Å². The van der Waals surface area contributed by atoms with E-state index in [1.165, 1.54) is 5.01 Å². The average Bonchev–Trinajstić information content (AvgIpc) is 3.04. The summed E-state index contributed by atoms with van der Waals surface area (Å²) in [7, 11) is 0. The van der Waals surface area contributed by atoms with E-state index in [0.717, 1.165) is 16.8 Å². The number of para-hydroxylation sites is 1. The third kappa shape index (κ3) is 2.71. The van der Waals surface area contributed by atoms with Gasteiger partial charge in [-0.15, -0.1) is 5.73 Å². The van der Waals surface area contributed by atoms with Crippen LogP contribution >= 0.6 is 0 Å². The van der Waals surface area contributed by atoms with Crippen LogP contribution in [0.25, 0.3) is 0 Å². The van der Waals surface area contributed by atoms with E-state index in [1.54, 1.807) is 6.08 Å². The van der Waals surface area contributed by atoms with Crippen molar-refractivity contribution in [3.63, 3.8) is 0 Å². The van der Waals surface area contributed by atoms with E-state index in [4.69, 9.17) is 5.10 Å². The number of benzene rings is 3. The molecule has 0 spiro atoms. The topological polar surface area (TPSA) is 32.7 Å². The first-order valence-corrected chi connectivity index (χ1v) is 8.74. The molecule has 130 valence electrons. The lowest BCUT2D eigenvalue weighted by atomic mass is 9.73. The molecule has 1 unspecified atom stereocenters. The van der Waals surface area contributed by atoms with Crippen molar-refractivity contribution in [1.29, 1.82) is 0 Å². The fourth-order valence-corrected chi connectivity index (χ4v) is 3.45. The summed E-state index contributed by atoms with van der Waals surface area (Å²) in [6, 6.07) is 28.9. The largest absolute Gasteiger partial charge is 0.271 e. The Kier molecular flexibility index (Phi) is 4.29. The lowest BCUT2D eigenvalue weighted by molar-refractivity contribution is -0.119. The maximum atomic E-state index is 13.7. The number of carbonyl (C=O) groups is 1. The number of anilines is 1. The second kappa shape index (κ2) is 6.91. The Morgan fingerprint density at radius 1 is 0.852 bits per heavy atom. The van der Waals surface area contributed by atoms with Gasteiger partial charge in [-0.25, -0.2) is 0 Å². The van der Waals surface area contributed by atoms with Gasteiger partial charge in [0.05, 0.1) is 11.4 Å². The van der Waals surface area contributed by atoms with Crippen molar-refractivity contribution >= 4 is 17.3 Å². The highest BCUT2D eigenvalue weighted by molar-refractivity contribution is 6.30. The van der Waals surface area contributed by atoms with Crippen LogP contribution in [0.4, 0.5) is 5.69 Å². The van der Waals surface area contributed by atoms with Crippen LogP contribution in [-0.4, -0.2) is 11.6 Å². The Morgan fingerprint density at radius 3 is 2.00 bits per heavy atom. The Labute approximate surface area is 158 Å². The minimum absolute atomic E-state index is 0.144. The molecular weight excluding hydrogens is 332 g/mol. The minimum atomic E-state index is -1.07. The molecule has 1 aliphatic heterocycles. The molecule has 3 aromatic rings. The van der Waals surface area contributed by atoms with E-state index in [-0.39, 0.29) is 5.91 Å². The molecule has 0 aliphatic carbocycles. The number of carbonyl (C=O) groups excluding carboxylic acids is 1. The van der Waals surface area contributed by atoms with E-state index in [2.05, 4.69) is 12.3 Å². The molecular formula is C24H18N2O. The van der Waals surface area contributed by atoms with Crippen LogP contribution in [0.5, 0.6) is 0 Å². The SMILES string of the molecule is C=C=CC1(c2ccccc2)C(=O)N(c2ccccc2)N=C1c1ccccc1. The van der Waals surface area contributed by atoms with Crippen LogP contribution in [-0.2, 0) is 10.2 Å². The summed E-state index contributed by atoms with van der Waals surface area (Å²) < 4.78 is 0. The number of hydrazone groups is 1. The molecule has 0 radical (unpaired) electrons. The Bertz CT molecular complexity index is 1040. The Hall–Kier alpha value is -3.68. The van der Waals surface area contributed by atoms with Crippen molar-refractivity contribution < 1.29 is 4.79 Å². The fraction of sp³-hybridized carbons (Fsp3) is 0.0417. The van der Waals surface area contributed by atoms with E-state index < -0.39 is 5.41 Å². The standard InChI is InChI=1S/C24H18N2O/c1-2-18-24(20-14-8-4-9-15-20)22(19-12-6-3-7-13-19)25-26(23(24)27)21-16-10-5-11-17-21/h3-18H,1H2. The number of amides is 1. The molecule has 0 saturated heterocycles. The number of hydrogen-bond donors (Lipinski definition) is 0. The van der Waals surface area contributed by atoms with Gasteiger partial charge in [0.25, 0.3) is 5.91 Å². The van der Waals surface area contributed by atoms with E-state index >= 15 is 0 Å². The second-order valence-corrected chi connectivity index (χ2v) is 6.29. The van der Waals surface area contributed by atoms with Gasteiger partial charge in [0.2, 0.25) is 0 Å². The summed E-state index contributed by atoms with van der Waals surface area (Å²) in [5.41, 5.74) is 4.90. The molecule has 0 N–H and O–H groups in total. The van der Waals surface area contributed by atoms with Crippen LogP contribution in [0.1, 0.15) is 11.1 Å². The van der Waals surface area contributed by atoms with E-state index in [9.17, 15) is 4.79 Å². The molecule has 0 saturated carbocycles. The zero-order chi connectivity index (χ0) is 18.7. The fourth-order valence-electron chi connectivity index (χ4n) is 3.45. The second-order valence-electron chi connectivity index (χ2n) is 6.29. The smallest absolute Gasteiger partial charge is 0.268 e. The van der Waals surface area contributed by atoms with Crippen molar-refractivity contribution in [3.8, 4) is 0 Å². The molecule has 0 fully saturated rings. The first-order valence-electron chi connectivity index (χ1n) is 8.74. The van der Waals surface area contributed by atoms with Crippen LogP contribution in [0.3, 0.4) is 0 Å². The minimum Gasteiger partial charge on any atom is -0.271 e. The van der Waals surface area contributed by atoms with Crippen LogP contribution in [0, 0.1) is 0 Å². The quantitative estimate of drug-likeness (QED) is 0.627. The van der Waals surface area contributed by atoms with Gasteiger partial charge in [0.1, 0.15) is 5.41 Å². The number of nitrogens with zero attached hydrogens (tertiary/aromatic N) is 2. The summed E-state index contributed by atoms with van der Waals surface area (Å²) in [4.78, 5) is 13.7. The molecule has 1 aliphatic rings. The summed E-state index contributed by atoms with van der Waals surface area (Å²) >= 11 is 0. The molecule has 1 amide bonds. The van der Waals surface area contributed by atoms with Crippen LogP contribution in [0.15, 0.2) is 114 Å². The van der Waals surface area contributed by atoms with Crippen LogP contribution < -0.4 is 5.01 Å². The highest BCUT2D eigenvalue weighted by Gasteiger charge is 2.51. The lowest BCUT2D eigenvalue weighted by Gasteiger charge is -2.26. The first-order chi connectivity index (χ1) is 13.3. The summed E-state index contributed by atoms with van der Waals surface area (Å²) in [5.74, 6) is -0.144. The van der Waals surface area contributed by atoms with E-state index in [0.29, 0.717) is 5.71 Å². The summed E-state index contributed by atoms with van der Waals surface area (Å²) in [6.07, 6.45) is 1.72. The maximum absolute atomic E-state index is 13.7. The van der Waals surface area contributed by atoms with Gasteiger partial charge in [-0.3, -0.25) is 4.79 Å². The first kappa shape index (κ1) is 16.8. The van der Waals surface area contributed by atoms with Crippen molar-refractivity contribution in [2.24, 2.45) is 5.10 Å². The van der Waals surface area contributed by atoms with Gasteiger partial charge >= 0.3 is 0 Å². The van der Waals surface area contributed by atoms with Crippen molar-refractivity contribution in [2.75, 3.05) is 5.01 Å². The maximum Gasteiger partial charge on any atom is 0.268 e. The summed E-state index contributed by atoms with van der Waals surface area (Å²) in [6.45, 7) is 3.75. The molecule has 27 heavy (non-hydrogen) atoms. The molecule has 1 heterocycles. The number of hydrogen-bond acceptors (Lipinski definition) is 2. The van der Waals surface area contributed by atoms with Crippen molar-refractivity contribution in [1.82, 2.24) is 0 Å². The lowest BCUT2D eigenvalue weighted by Crippen LogP contribution is -2.42. The monoisotopic (exact) mass is 350 g/mol. The van der Waals surface area contributed by atoms with Gasteiger partial charge in [0, 0.05) is 0 Å². The third-order valence-electron chi connectivity index (χ3n) is 4.70. The highest BCUT2D eigenvalue weighted by atomic mass is 16.2. The van der Waals surface area contributed by atoms with Gasteiger partial charge in [-0.2, -0.15) is 10.1 Å². The third-order valence-corrected chi connectivity index (χ3v) is 4.70. The normalized spacial score (nSPS) is 18.7. The molecule has 0 aromatic heterocycles. The summed E-state index contributed by atoms with van der Waals surface area (Å²) in [5, 5.41) is 6.23. The molecule has 3 nitrogen and oxygen atoms in total. The predicted octanol–water partition coefficient (Wildman–Crippen LogP) is 4.72. The molecule has 1 atom stereocenters. The Morgan fingerprint density at radius 2 is 1.41 bits per heavy atom. The van der Waals surface area contributed by atoms with Crippen LogP contribution in [0.2, 0.25) is 0 Å². The molecule has 3 aromatic carbocycles. The predicted molar refractivity (Wildman–Crippen MR) is 109 cm³/mol. The molecule has 3 heteroatoms. The van der Waals surface area contributed by atoms with Crippen molar-refractivity contribution in [2.45, 2.75) is 5.41 Å². The van der Waals surface area contributed by atoms with Gasteiger partial charge in [0.15, 0.2) is 0 Å². The average molecular weight is 350 g/mol. The Balaban J connectivity index is 1.99. The van der Waals surface area contributed by atoms with Gasteiger partial charge in [-0.05, 0) is 29.3 Å². The van der Waals surface area contributed by atoms with Crippen molar-refractivity contribution in [3.05, 3.63) is 121 Å². The highest BCUT2D eigenvalue weighted by Crippen LogP contribution is 2.39. The number of rotatable bonds is 4. The zero-order valence-corrected chi connectivity index (χ0v) is 14.7. The zero-order valence-electron chi connectivity index (χ0n) is 14.7.